The number of aromatic amines is 2. The standard InChI is InChI=1S/C31H26N4S2/c1-4-25-33-27-19-7-5-16(13-22(19)30-21(11-12-36-30)28(27)34-25)24-14-17-6-8-18-20(29(17)37-24)9-10-23-26(18)35-31(32-23)15(2)3/h5-8,11-15H,4,9-10H2,1-3H3,(H,32,35)(H,33,34). The summed E-state index contributed by atoms with van der Waals surface area (Å²) in [6.07, 6.45) is 3.00. The van der Waals surface area contributed by atoms with E-state index in [9.17, 15) is 0 Å². The smallest absolute Gasteiger partial charge is 0.109 e. The highest BCUT2D eigenvalue weighted by Crippen LogP contribution is 2.44. The highest BCUT2D eigenvalue weighted by atomic mass is 32.1. The summed E-state index contributed by atoms with van der Waals surface area (Å²) in [5.41, 5.74) is 8.74. The summed E-state index contributed by atoms with van der Waals surface area (Å²) in [6.45, 7) is 6.56. The molecule has 0 spiro atoms. The van der Waals surface area contributed by atoms with Crippen molar-refractivity contribution in [2.24, 2.45) is 0 Å². The quantitative estimate of drug-likeness (QED) is 0.245. The van der Waals surface area contributed by atoms with Gasteiger partial charge in [0.05, 0.1) is 16.7 Å². The van der Waals surface area contributed by atoms with Gasteiger partial charge in [-0.2, -0.15) is 0 Å². The van der Waals surface area contributed by atoms with Gasteiger partial charge in [-0.25, -0.2) is 9.97 Å². The van der Waals surface area contributed by atoms with Gasteiger partial charge in [0.25, 0.3) is 0 Å². The first-order valence-corrected chi connectivity index (χ1v) is 14.7. The summed E-state index contributed by atoms with van der Waals surface area (Å²) in [6, 6.07) is 16.1. The molecule has 4 aromatic heterocycles. The third kappa shape index (κ3) is 3.06. The number of hydrogen-bond acceptors (Lipinski definition) is 4. The Morgan fingerprint density at radius 1 is 0.919 bits per heavy atom. The fourth-order valence-electron chi connectivity index (χ4n) is 5.92. The lowest BCUT2D eigenvalue weighted by molar-refractivity contribution is 0.787. The number of benzene rings is 3. The van der Waals surface area contributed by atoms with E-state index in [-0.39, 0.29) is 0 Å². The Hall–Kier alpha value is -3.48. The Bertz CT molecular complexity index is 2010. The molecule has 6 heteroatoms. The molecule has 0 saturated carbocycles. The molecule has 1 aliphatic rings. The van der Waals surface area contributed by atoms with E-state index in [0.29, 0.717) is 5.92 Å². The summed E-state index contributed by atoms with van der Waals surface area (Å²) in [4.78, 5) is 18.4. The molecule has 3 aromatic carbocycles. The van der Waals surface area contributed by atoms with Crippen molar-refractivity contribution in [1.29, 1.82) is 0 Å². The minimum atomic E-state index is 0.408. The monoisotopic (exact) mass is 518 g/mol. The van der Waals surface area contributed by atoms with Gasteiger partial charge in [0.2, 0.25) is 0 Å². The molecule has 4 nitrogen and oxygen atoms in total. The van der Waals surface area contributed by atoms with Crippen LogP contribution in [0.15, 0.2) is 47.8 Å². The maximum absolute atomic E-state index is 5.00. The summed E-state index contributed by atoms with van der Waals surface area (Å²) in [5, 5.41) is 7.34. The van der Waals surface area contributed by atoms with Crippen molar-refractivity contribution < 1.29 is 0 Å². The topological polar surface area (TPSA) is 57.4 Å². The zero-order valence-electron chi connectivity index (χ0n) is 21.0. The van der Waals surface area contributed by atoms with Crippen molar-refractivity contribution in [1.82, 2.24) is 19.9 Å². The molecule has 4 heterocycles. The number of nitrogens with one attached hydrogen (secondary N) is 2. The van der Waals surface area contributed by atoms with Gasteiger partial charge in [0, 0.05) is 54.0 Å². The molecule has 37 heavy (non-hydrogen) atoms. The number of nitrogens with zero attached hydrogens (tertiary/aromatic N) is 2. The van der Waals surface area contributed by atoms with E-state index >= 15 is 0 Å². The maximum atomic E-state index is 5.00. The Balaban J connectivity index is 1.31. The molecule has 0 aliphatic heterocycles. The van der Waals surface area contributed by atoms with E-state index in [4.69, 9.17) is 9.97 Å². The van der Waals surface area contributed by atoms with Crippen LogP contribution in [-0.4, -0.2) is 19.9 Å². The molecule has 0 amide bonds. The third-order valence-corrected chi connectivity index (χ3v) is 10.0. The molecule has 0 fully saturated rings. The average molecular weight is 519 g/mol. The molecule has 0 unspecified atom stereocenters. The van der Waals surface area contributed by atoms with Gasteiger partial charge in [-0.15, -0.1) is 22.7 Å². The van der Waals surface area contributed by atoms with Crippen LogP contribution < -0.4 is 0 Å². The lowest BCUT2D eigenvalue weighted by Crippen LogP contribution is -2.03. The van der Waals surface area contributed by atoms with Gasteiger partial charge in [0.1, 0.15) is 11.6 Å². The third-order valence-electron chi connectivity index (χ3n) is 7.84. The van der Waals surface area contributed by atoms with Crippen LogP contribution >= 0.6 is 22.7 Å². The number of aromatic nitrogens is 4. The van der Waals surface area contributed by atoms with Crippen LogP contribution in [0.2, 0.25) is 0 Å². The predicted octanol–water partition coefficient (Wildman–Crippen LogP) is 8.99. The largest absolute Gasteiger partial charge is 0.345 e. The zero-order chi connectivity index (χ0) is 24.8. The van der Waals surface area contributed by atoms with Crippen LogP contribution in [0.25, 0.3) is 63.7 Å². The molecule has 0 radical (unpaired) electrons. The van der Waals surface area contributed by atoms with Crippen molar-refractivity contribution in [3.05, 3.63) is 70.8 Å². The van der Waals surface area contributed by atoms with E-state index in [2.05, 4.69) is 78.6 Å². The first kappa shape index (κ1) is 21.6. The predicted molar refractivity (Wildman–Crippen MR) is 158 cm³/mol. The van der Waals surface area contributed by atoms with Gasteiger partial charge in [0.15, 0.2) is 0 Å². The van der Waals surface area contributed by atoms with Crippen molar-refractivity contribution >= 4 is 64.7 Å². The molecule has 182 valence electrons. The second-order valence-corrected chi connectivity index (χ2v) is 12.4. The number of fused-ring (bicyclic) bond motifs is 11. The van der Waals surface area contributed by atoms with E-state index in [0.717, 1.165) is 47.6 Å². The lowest BCUT2D eigenvalue weighted by atomic mass is 9.91. The van der Waals surface area contributed by atoms with E-state index in [1.807, 2.05) is 22.7 Å². The van der Waals surface area contributed by atoms with Crippen LogP contribution in [0.1, 0.15) is 49.6 Å². The molecule has 1 aliphatic carbocycles. The Labute approximate surface area is 222 Å². The molecule has 0 bridgehead atoms. The molecular weight excluding hydrogens is 493 g/mol. The number of aryl methyl sites for hydroxylation is 3. The van der Waals surface area contributed by atoms with Crippen molar-refractivity contribution in [3.8, 4) is 21.7 Å². The van der Waals surface area contributed by atoms with Crippen molar-refractivity contribution in [2.45, 2.75) is 46.0 Å². The molecular formula is C31H26N4S2. The Morgan fingerprint density at radius 3 is 2.70 bits per heavy atom. The molecule has 7 aromatic rings. The molecule has 8 rings (SSSR count). The molecule has 2 N–H and O–H groups in total. The maximum Gasteiger partial charge on any atom is 0.109 e. The van der Waals surface area contributed by atoms with Crippen LogP contribution in [0, 0.1) is 0 Å². The lowest BCUT2D eigenvalue weighted by Gasteiger charge is -2.15. The first-order valence-electron chi connectivity index (χ1n) is 13.1. The van der Waals surface area contributed by atoms with Gasteiger partial charge >= 0.3 is 0 Å². The number of imidazole rings is 2. The highest BCUT2D eigenvalue weighted by molar-refractivity contribution is 7.22. The minimum absolute atomic E-state index is 0.408. The van der Waals surface area contributed by atoms with Crippen LogP contribution in [-0.2, 0) is 19.3 Å². The van der Waals surface area contributed by atoms with Crippen LogP contribution in [0.4, 0.5) is 0 Å². The Kier molecular flexibility index (Phi) is 4.53. The molecule has 0 saturated heterocycles. The fourth-order valence-corrected chi connectivity index (χ4v) is 8.08. The summed E-state index contributed by atoms with van der Waals surface area (Å²) < 4.78 is 2.73. The zero-order valence-corrected chi connectivity index (χ0v) is 22.7. The average Bonchev–Trinajstić information content (AvgIpc) is 3.71. The van der Waals surface area contributed by atoms with Gasteiger partial charge < -0.3 is 9.97 Å². The highest BCUT2D eigenvalue weighted by Gasteiger charge is 2.24. The molecule has 0 atom stereocenters. The fraction of sp³-hybridized carbons (Fsp3) is 0.226. The number of thiophene rings is 2. The SMILES string of the molecule is CCc1nc2c3ccsc3c3cc(-c4cc5ccc6c(c5s4)CCc4[nH]c(C(C)C)nc4-6)ccc3c2[nH]1. The van der Waals surface area contributed by atoms with Crippen molar-refractivity contribution in [3.63, 3.8) is 0 Å². The summed E-state index contributed by atoms with van der Waals surface area (Å²) in [7, 11) is 0. The van der Waals surface area contributed by atoms with Crippen molar-refractivity contribution in [2.75, 3.05) is 0 Å². The first-order chi connectivity index (χ1) is 18.1. The number of rotatable bonds is 3. The van der Waals surface area contributed by atoms with Gasteiger partial charge in [-0.05, 0) is 52.9 Å². The van der Waals surface area contributed by atoms with Gasteiger partial charge in [-0.1, -0.05) is 45.0 Å². The van der Waals surface area contributed by atoms with E-state index in [1.165, 1.54) is 58.2 Å². The summed E-state index contributed by atoms with van der Waals surface area (Å²) >= 11 is 3.74. The van der Waals surface area contributed by atoms with Crippen LogP contribution in [0.3, 0.4) is 0 Å². The number of hydrogen-bond donors (Lipinski definition) is 2. The second kappa shape index (κ2) is 7.76. The van der Waals surface area contributed by atoms with E-state index in [1.54, 1.807) is 0 Å². The Morgan fingerprint density at radius 2 is 1.84 bits per heavy atom. The van der Waals surface area contributed by atoms with Crippen LogP contribution in [0.5, 0.6) is 0 Å². The normalized spacial score (nSPS) is 13.4. The van der Waals surface area contributed by atoms with E-state index < -0.39 is 0 Å². The summed E-state index contributed by atoms with van der Waals surface area (Å²) in [5.74, 6) is 2.55. The second-order valence-electron chi connectivity index (χ2n) is 10.4. The number of H-pyrrole nitrogens is 2. The van der Waals surface area contributed by atoms with Gasteiger partial charge in [-0.3, -0.25) is 0 Å². The minimum Gasteiger partial charge on any atom is -0.345 e.